The van der Waals surface area contributed by atoms with Crippen molar-refractivity contribution in [3.8, 4) is 11.1 Å². The topological polar surface area (TPSA) is 17.3 Å². The van der Waals surface area contributed by atoms with E-state index in [-0.39, 0.29) is 0 Å². The predicted molar refractivity (Wildman–Crippen MR) is 141 cm³/mol. The fourth-order valence-electron chi connectivity index (χ4n) is 4.04. The Balaban J connectivity index is 1.53. The quantitative estimate of drug-likeness (QED) is 0.223. The SMILES string of the molecule is Clc1ccc(CN=Cc2cn(Cc3ccccc3)c3ccc(-c4ccccc4)cc23)c(Cl)c1. The van der Waals surface area contributed by atoms with E-state index in [1.54, 1.807) is 6.07 Å². The van der Waals surface area contributed by atoms with E-state index in [2.05, 4.69) is 77.5 Å². The van der Waals surface area contributed by atoms with E-state index in [1.807, 2.05) is 30.5 Å². The van der Waals surface area contributed by atoms with E-state index >= 15 is 0 Å². The van der Waals surface area contributed by atoms with Crippen molar-refractivity contribution >= 4 is 40.3 Å². The van der Waals surface area contributed by atoms with Crippen LogP contribution in [0.2, 0.25) is 10.0 Å². The maximum absolute atomic E-state index is 6.33. The second-order valence-corrected chi connectivity index (χ2v) is 8.85. The maximum atomic E-state index is 6.33. The number of hydrogen-bond donors (Lipinski definition) is 0. The Kier molecular flexibility index (Phi) is 6.30. The first kappa shape index (κ1) is 21.5. The van der Waals surface area contributed by atoms with Gasteiger partial charge in [-0.2, -0.15) is 0 Å². The van der Waals surface area contributed by atoms with Gasteiger partial charge < -0.3 is 4.57 Å². The van der Waals surface area contributed by atoms with E-state index in [1.165, 1.54) is 27.6 Å². The van der Waals surface area contributed by atoms with Gasteiger partial charge in [-0.1, -0.05) is 96.0 Å². The third-order valence-corrected chi connectivity index (χ3v) is 6.31. The Morgan fingerprint density at radius 1 is 0.758 bits per heavy atom. The number of halogens is 2. The van der Waals surface area contributed by atoms with Crippen LogP contribution in [0.1, 0.15) is 16.7 Å². The smallest absolute Gasteiger partial charge is 0.0654 e. The molecule has 0 atom stereocenters. The van der Waals surface area contributed by atoms with E-state index < -0.39 is 0 Å². The molecule has 0 aliphatic heterocycles. The van der Waals surface area contributed by atoms with E-state index in [0.29, 0.717) is 16.6 Å². The molecule has 0 saturated carbocycles. The zero-order chi connectivity index (χ0) is 22.6. The van der Waals surface area contributed by atoms with Crippen LogP contribution in [0.5, 0.6) is 0 Å². The lowest BCUT2D eigenvalue weighted by molar-refractivity contribution is 0.836. The van der Waals surface area contributed by atoms with Crippen LogP contribution in [0.4, 0.5) is 0 Å². The highest BCUT2D eigenvalue weighted by atomic mass is 35.5. The van der Waals surface area contributed by atoms with E-state index in [4.69, 9.17) is 28.2 Å². The lowest BCUT2D eigenvalue weighted by atomic mass is 10.0. The predicted octanol–water partition coefficient (Wildman–Crippen LogP) is 8.28. The highest BCUT2D eigenvalue weighted by molar-refractivity contribution is 6.35. The first-order chi connectivity index (χ1) is 16.2. The van der Waals surface area contributed by atoms with Crippen molar-refractivity contribution in [2.75, 3.05) is 0 Å². The fourth-order valence-corrected chi connectivity index (χ4v) is 4.51. The van der Waals surface area contributed by atoms with Gasteiger partial charge in [-0.15, -0.1) is 0 Å². The van der Waals surface area contributed by atoms with Crippen LogP contribution in [0.15, 0.2) is 108 Å². The molecule has 2 nitrogen and oxygen atoms in total. The summed E-state index contributed by atoms with van der Waals surface area (Å²) in [6, 6.07) is 33.1. The number of aliphatic imine (C=N–C) groups is 1. The molecule has 4 aromatic carbocycles. The van der Waals surface area contributed by atoms with Crippen LogP contribution in [0, 0.1) is 0 Å². The Bertz CT molecular complexity index is 1420. The highest BCUT2D eigenvalue weighted by Crippen LogP contribution is 2.28. The van der Waals surface area contributed by atoms with Crippen molar-refractivity contribution in [2.24, 2.45) is 4.99 Å². The van der Waals surface area contributed by atoms with Gasteiger partial charge in [0.15, 0.2) is 0 Å². The van der Waals surface area contributed by atoms with Gasteiger partial charge >= 0.3 is 0 Å². The molecule has 5 aromatic rings. The molecule has 0 fully saturated rings. The van der Waals surface area contributed by atoms with Gasteiger partial charge in [0.2, 0.25) is 0 Å². The summed E-state index contributed by atoms with van der Waals surface area (Å²) < 4.78 is 2.29. The molecule has 0 saturated heterocycles. The van der Waals surface area contributed by atoms with Crippen molar-refractivity contribution < 1.29 is 0 Å². The van der Waals surface area contributed by atoms with Gasteiger partial charge in [0, 0.05) is 45.5 Å². The van der Waals surface area contributed by atoms with Crippen LogP contribution in [0.3, 0.4) is 0 Å². The summed E-state index contributed by atoms with van der Waals surface area (Å²) in [4.78, 5) is 4.71. The standard InChI is InChI=1S/C29H22Cl2N2/c30-26-13-11-24(28(31)16-26)17-32-18-25-20-33(19-21-7-3-1-4-8-21)29-14-12-23(15-27(25)29)22-9-5-2-6-10-22/h1-16,18,20H,17,19H2. The molecule has 4 heteroatoms. The minimum atomic E-state index is 0.500. The molecular formula is C29H22Cl2N2. The largest absolute Gasteiger partial charge is 0.342 e. The minimum absolute atomic E-state index is 0.500. The molecule has 0 N–H and O–H groups in total. The number of benzene rings is 4. The van der Waals surface area contributed by atoms with E-state index in [9.17, 15) is 0 Å². The number of nitrogens with zero attached hydrogens (tertiary/aromatic N) is 2. The van der Waals surface area contributed by atoms with Crippen molar-refractivity contribution in [2.45, 2.75) is 13.1 Å². The monoisotopic (exact) mass is 468 g/mol. The van der Waals surface area contributed by atoms with Gasteiger partial charge in [0.1, 0.15) is 0 Å². The molecule has 0 amide bonds. The molecule has 0 bridgehead atoms. The maximum Gasteiger partial charge on any atom is 0.0654 e. The second kappa shape index (κ2) is 9.66. The molecule has 33 heavy (non-hydrogen) atoms. The zero-order valence-corrected chi connectivity index (χ0v) is 19.5. The summed E-state index contributed by atoms with van der Waals surface area (Å²) in [7, 11) is 0. The van der Waals surface area contributed by atoms with Crippen molar-refractivity contribution in [3.63, 3.8) is 0 Å². The van der Waals surface area contributed by atoms with Gasteiger partial charge in [-0.05, 0) is 46.5 Å². The van der Waals surface area contributed by atoms with Crippen molar-refractivity contribution in [3.05, 3.63) is 130 Å². The number of rotatable bonds is 6. The third kappa shape index (κ3) is 4.88. The van der Waals surface area contributed by atoms with Crippen LogP contribution >= 0.6 is 23.2 Å². The summed E-state index contributed by atoms with van der Waals surface area (Å²) in [5.74, 6) is 0. The molecule has 0 aliphatic rings. The molecular weight excluding hydrogens is 447 g/mol. The number of fused-ring (bicyclic) bond motifs is 1. The second-order valence-electron chi connectivity index (χ2n) is 8.00. The molecule has 162 valence electrons. The molecule has 1 heterocycles. The summed E-state index contributed by atoms with van der Waals surface area (Å²) >= 11 is 12.3. The summed E-state index contributed by atoms with van der Waals surface area (Å²) in [5.41, 5.74) is 6.88. The van der Waals surface area contributed by atoms with Crippen LogP contribution in [-0.4, -0.2) is 10.8 Å². The summed E-state index contributed by atoms with van der Waals surface area (Å²) in [5, 5.41) is 2.45. The normalized spacial score (nSPS) is 11.5. The lowest BCUT2D eigenvalue weighted by Gasteiger charge is -2.07. The molecule has 0 radical (unpaired) electrons. The molecule has 0 spiro atoms. The molecule has 0 aliphatic carbocycles. The Morgan fingerprint density at radius 2 is 1.52 bits per heavy atom. The van der Waals surface area contributed by atoms with Gasteiger partial charge in [0.25, 0.3) is 0 Å². The Morgan fingerprint density at radius 3 is 2.27 bits per heavy atom. The number of aromatic nitrogens is 1. The van der Waals surface area contributed by atoms with Crippen molar-refractivity contribution in [1.29, 1.82) is 0 Å². The van der Waals surface area contributed by atoms with Gasteiger partial charge in [-0.25, -0.2) is 0 Å². The minimum Gasteiger partial charge on any atom is -0.342 e. The average Bonchev–Trinajstić information content (AvgIpc) is 3.18. The van der Waals surface area contributed by atoms with Crippen LogP contribution in [0.25, 0.3) is 22.0 Å². The van der Waals surface area contributed by atoms with Gasteiger partial charge in [-0.3, -0.25) is 4.99 Å². The molecule has 5 rings (SSSR count). The van der Waals surface area contributed by atoms with Crippen molar-refractivity contribution in [1.82, 2.24) is 4.57 Å². The average molecular weight is 469 g/mol. The van der Waals surface area contributed by atoms with Gasteiger partial charge in [0.05, 0.1) is 6.54 Å². The lowest BCUT2D eigenvalue weighted by Crippen LogP contribution is -1.97. The molecule has 1 aromatic heterocycles. The number of hydrogen-bond acceptors (Lipinski definition) is 1. The third-order valence-electron chi connectivity index (χ3n) is 5.72. The zero-order valence-electron chi connectivity index (χ0n) is 18.0. The summed E-state index contributed by atoms with van der Waals surface area (Å²) in [6.07, 6.45) is 4.13. The first-order valence-electron chi connectivity index (χ1n) is 10.8. The highest BCUT2D eigenvalue weighted by Gasteiger charge is 2.10. The van der Waals surface area contributed by atoms with E-state index in [0.717, 1.165) is 17.7 Å². The first-order valence-corrected chi connectivity index (χ1v) is 11.6. The van der Waals surface area contributed by atoms with Crippen LogP contribution < -0.4 is 0 Å². The Labute approximate surface area is 203 Å². The molecule has 0 unspecified atom stereocenters. The Hall–Kier alpha value is -3.33. The van der Waals surface area contributed by atoms with Crippen LogP contribution in [-0.2, 0) is 13.1 Å². The fraction of sp³-hybridized carbons (Fsp3) is 0.0690. The summed E-state index contributed by atoms with van der Waals surface area (Å²) in [6.45, 7) is 1.30.